The first kappa shape index (κ1) is 10.5. The number of amides is 3. The van der Waals surface area contributed by atoms with E-state index >= 15 is 0 Å². The molecule has 0 radical (unpaired) electrons. The van der Waals surface area contributed by atoms with Crippen molar-refractivity contribution >= 4 is 17.7 Å². The first-order valence-corrected chi connectivity index (χ1v) is 4.42. The van der Waals surface area contributed by atoms with E-state index in [1.165, 1.54) is 0 Å². The van der Waals surface area contributed by atoms with Gasteiger partial charge in [-0.05, 0) is 6.42 Å². The highest BCUT2D eigenvalue weighted by atomic mass is 16.2. The molecule has 1 heterocycles. The molecule has 0 aliphatic carbocycles. The maximum atomic E-state index is 11.3. The molecule has 0 saturated carbocycles. The fourth-order valence-corrected chi connectivity index (χ4v) is 1.28. The van der Waals surface area contributed by atoms with Gasteiger partial charge in [-0.3, -0.25) is 14.4 Å². The molecule has 1 aliphatic heterocycles. The lowest BCUT2D eigenvalue weighted by molar-refractivity contribution is -0.130. The Morgan fingerprint density at radius 3 is 2.79 bits per heavy atom. The van der Waals surface area contributed by atoms with Crippen LogP contribution < -0.4 is 16.4 Å². The van der Waals surface area contributed by atoms with Gasteiger partial charge in [0.25, 0.3) is 0 Å². The summed E-state index contributed by atoms with van der Waals surface area (Å²) >= 11 is 0. The van der Waals surface area contributed by atoms with E-state index in [0.29, 0.717) is 19.4 Å². The SMILES string of the molecule is NC(=O)CNC(=O)C1CCC(=O)NC1. The zero-order chi connectivity index (χ0) is 10.6. The van der Waals surface area contributed by atoms with Crippen LogP contribution in [0.1, 0.15) is 12.8 Å². The Morgan fingerprint density at radius 1 is 1.57 bits per heavy atom. The predicted octanol–water partition coefficient (Wildman–Crippen LogP) is -1.89. The second-order valence-electron chi connectivity index (χ2n) is 3.22. The maximum absolute atomic E-state index is 11.3. The first-order valence-electron chi connectivity index (χ1n) is 4.42. The highest BCUT2D eigenvalue weighted by molar-refractivity contribution is 5.87. The topological polar surface area (TPSA) is 101 Å². The van der Waals surface area contributed by atoms with Gasteiger partial charge in [-0.15, -0.1) is 0 Å². The van der Waals surface area contributed by atoms with Crippen molar-refractivity contribution in [3.05, 3.63) is 0 Å². The van der Waals surface area contributed by atoms with Crippen molar-refractivity contribution in [2.45, 2.75) is 12.8 Å². The molecule has 14 heavy (non-hydrogen) atoms. The molecule has 1 aliphatic rings. The lowest BCUT2D eigenvalue weighted by atomic mass is 9.98. The van der Waals surface area contributed by atoms with E-state index in [2.05, 4.69) is 10.6 Å². The van der Waals surface area contributed by atoms with E-state index in [4.69, 9.17) is 5.73 Å². The number of piperidine rings is 1. The smallest absolute Gasteiger partial charge is 0.236 e. The van der Waals surface area contributed by atoms with Gasteiger partial charge in [0, 0.05) is 13.0 Å². The van der Waals surface area contributed by atoms with Gasteiger partial charge >= 0.3 is 0 Å². The van der Waals surface area contributed by atoms with Crippen molar-refractivity contribution in [2.24, 2.45) is 11.7 Å². The van der Waals surface area contributed by atoms with Crippen LogP contribution in [-0.2, 0) is 14.4 Å². The molecule has 1 atom stereocenters. The Morgan fingerprint density at radius 2 is 2.29 bits per heavy atom. The van der Waals surface area contributed by atoms with Gasteiger partial charge in [0.05, 0.1) is 12.5 Å². The number of hydrogen-bond donors (Lipinski definition) is 3. The fraction of sp³-hybridized carbons (Fsp3) is 0.625. The number of hydrogen-bond acceptors (Lipinski definition) is 3. The first-order chi connectivity index (χ1) is 6.59. The third kappa shape index (κ3) is 3.04. The van der Waals surface area contributed by atoms with Crippen LogP contribution in [0.5, 0.6) is 0 Å². The molecule has 6 nitrogen and oxygen atoms in total. The van der Waals surface area contributed by atoms with E-state index < -0.39 is 5.91 Å². The van der Waals surface area contributed by atoms with Crippen LogP contribution in [0.3, 0.4) is 0 Å². The standard InChI is InChI=1S/C8H13N3O3/c9-6(12)4-11-8(14)5-1-2-7(13)10-3-5/h5H,1-4H2,(H2,9,12)(H,10,13)(H,11,14). The molecular formula is C8H13N3O3. The minimum Gasteiger partial charge on any atom is -0.368 e. The second kappa shape index (κ2) is 4.59. The minimum absolute atomic E-state index is 0.0380. The van der Waals surface area contributed by atoms with Crippen molar-refractivity contribution in [1.29, 1.82) is 0 Å². The summed E-state index contributed by atoms with van der Waals surface area (Å²) in [6.07, 6.45) is 0.880. The number of rotatable bonds is 3. The summed E-state index contributed by atoms with van der Waals surface area (Å²) in [6, 6.07) is 0. The highest BCUT2D eigenvalue weighted by Crippen LogP contribution is 2.10. The van der Waals surface area contributed by atoms with E-state index in [-0.39, 0.29) is 24.3 Å². The quantitative estimate of drug-likeness (QED) is 0.495. The average Bonchev–Trinajstić information content (AvgIpc) is 2.15. The lowest BCUT2D eigenvalue weighted by Gasteiger charge is -2.21. The number of nitrogens with two attached hydrogens (primary N) is 1. The van der Waals surface area contributed by atoms with Gasteiger partial charge in [-0.25, -0.2) is 0 Å². The van der Waals surface area contributed by atoms with Crippen LogP contribution in [0.25, 0.3) is 0 Å². The van der Waals surface area contributed by atoms with Crippen molar-refractivity contribution in [2.75, 3.05) is 13.1 Å². The van der Waals surface area contributed by atoms with Crippen LogP contribution >= 0.6 is 0 Å². The lowest BCUT2D eigenvalue weighted by Crippen LogP contribution is -2.44. The summed E-state index contributed by atoms with van der Waals surface area (Å²) in [6.45, 7) is 0.187. The van der Waals surface area contributed by atoms with Crippen molar-refractivity contribution in [1.82, 2.24) is 10.6 Å². The van der Waals surface area contributed by atoms with Crippen molar-refractivity contribution in [3.63, 3.8) is 0 Å². The number of carbonyl (C=O) groups is 3. The maximum Gasteiger partial charge on any atom is 0.236 e. The van der Waals surface area contributed by atoms with Gasteiger partial charge in [0.1, 0.15) is 0 Å². The summed E-state index contributed by atoms with van der Waals surface area (Å²) in [4.78, 5) is 32.5. The molecule has 4 N–H and O–H groups in total. The third-order valence-electron chi connectivity index (χ3n) is 2.07. The predicted molar refractivity (Wildman–Crippen MR) is 47.9 cm³/mol. The number of nitrogens with one attached hydrogen (secondary N) is 2. The molecule has 1 fully saturated rings. The Balaban J connectivity index is 2.30. The summed E-state index contributed by atoms with van der Waals surface area (Å²) in [5, 5.41) is 4.99. The molecule has 0 aromatic heterocycles. The van der Waals surface area contributed by atoms with E-state index in [0.717, 1.165) is 0 Å². The third-order valence-corrected chi connectivity index (χ3v) is 2.07. The van der Waals surface area contributed by atoms with E-state index in [1.807, 2.05) is 0 Å². The zero-order valence-electron chi connectivity index (χ0n) is 7.71. The summed E-state index contributed by atoms with van der Waals surface area (Å²) in [7, 11) is 0. The van der Waals surface area contributed by atoms with Crippen molar-refractivity contribution < 1.29 is 14.4 Å². The molecule has 0 bridgehead atoms. The van der Waals surface area contributed by atoms with Crippen molar-refractivity contribution in [3.8, 4) is 0 Å². The Bertz CT molecular complexity index is 255. The molecule has 0 aromatic rings. The van der Waals surface area contributed by atoms with E-state index in [9.17, 15) is 14.4 Å². The largest absolute Gasteiger partial charge is 0.368 e. The van der Waals surface area contributed by atoms with Gasteiger partial charge < -0.3 is 16.4 Å². The van der Waals surface area contributed by atoms with Gasteiger partial charge in [0.2, 0.25) is 17.7 Å². The molecule has 3 amide bonds. The molecule has 0 spiro atoms. The molecule has 0 aromatic carbocycles. The van der Waals surface area contributed by atoms with Gasteiger partial charge in [-0.2, -0.15) is 0 Å². The molecule has 1 unspecified atom stereocenters. The summed E-state index contributed by atoms with van der Waals surface area (Å²) in [5.74, 6) is -1.09. The zero-order valence-corrected chi connectivity index (χ0v) is 7.71. The Labute approximate surface area is 81.2 Å². The van der Waals surface area contributed by atoms with Crippen LogP contribution in [0.2, 0.25) is 0 Å². The summed E-state index contributed by atoms with van der Waals surface area (Å²) in [5.41, 5.74) is 4.87. The fourth-order valence-electron chi connectivity index (χ4n) is 1.28. The highest BCUT2D eigenvalue weighted by Gasteiger charge is 2.24. The average molecular weight is 199 g/mol. The van der Waals surface area contributed by atoms with Crippen LogP contribution in [0, 0.1) is 5.92 Å². The van der Waals surface area contributed by atoms with Gasteiger partial charge in [0.15, 0.2) is 0 Å². The number of carbonyl (C=O) groups excluding carboxylic acids is 3. The van der Waals surface area contributed by atoms with Crippen LogP contribution in [0.15, 0.2) is 0 Å². The molecule has 78 valence electrons. The molecule has 1 saturated heterocycles. The van der Waals surface area contributed by atoms with Crippen LogP contribution in [0.4, 0.5) is 0 Å². The molecule has 1 rings (SSSR count). The monoisotopic (exact) mass is 199 g/mol. The minimum atomic E-state index is -0.571. The molecular weight excluding hydrogens is 186 g/mol. The van der Waals surface area contributed by atoms with Gasteiger partial charge in [-0.1, -0.05) is 0 Å². The second-order valence-corrected chi connectivity index (χ2v) is 3.22. The van der Waals surface area contributed by atoms with Crippen LogP contribution in [-0.4, -0.2) is 30.8 Å². The summed E-state index contributed by atoms with van der Waals surface area (Å²) < 4.78 is 0. The Hall–Kier alpha value is -1.59. The Kier molecular flexibility index (Phi) is 3.44. The van der Waals surface area contributed by atoms with E-state index in [1.54, 1.807) is 0 Å². The molecule has 6 heteroatoms. The number of primary amides is 1. The normalized spacial score (nSPS) is 21.1.